The predicted octanol–water partition coefficient (Wildman–Crippen LogP) is 3.31. The van der Waals surface area contributed by atoms with Gasteiger partial charge in [-0.15, -0.1) is 0 Å². The number of rotatable bonds is 8. The van der Waals surface area contributed by atoms with Crippen LogP contribution in [0.3, 0.4) is 0 Å². The summed E-state index contributed by atoms with van der Waals surface area (Å²) in [6.07, 6.45) is 1.58. The van der Waals surface area contributed by atoms with Crippen molar-refractivity contribution in [3.8, 4) is 0 Å². The molecule has 0 aliphatic rings. The van der Waals surface area contributed by atoms with Gasteiger partial charge < -0.3 is 0 Å². The maximum Gasteiger partial charge on any atom is 0.306 e. The van der Waals surface area contributed by atoms with Crippen LogP contribution in [-0.4, -0.2) is 40.3 Å². The molecule has 0 saturated carbocycles. The lowest BCUT2D eigenvalue weighted by Gasteiger charge is -2.32. The first-order valence-corrected chi connectivity index (χ1v) is 9.30. The molecule has 0 bridgehead atoms. The molecule has 0 aromatic carbocycles. The molecular weight excluding hydrogens is 263 g/mol. The lowest BCUT2D eigenvalue weighted by Crippen LogP contribution is -2.21. The summed E-state index contributed by atoms with van der Waals surface area (Å²) in [5.74, 6) is 0.842. The fraction of sp³-hybridized carbons (Fsp3) is 0.889. The Bertz CT molecular complexity index is 266. The highest BCUT2D eigenvalue weighted by Crippen LogP contribution is 2.66. The molecule has 0 aromatic heterocycles. The lowest BCUT2D eigenvalue weighted by atomic mass is 10.4. The van der Waals surface area contributed by atoms with Crippen molar-refractivity contribution in [2.24, 2.45) is 0 Å². The molecule has 4 nitrogen and oxygen atoms in total. The molecule has 2 atom stereocenters. The van der Waals surface area contributed by atoms with Gasteiger partial charge in [0, 0.05) is 25.1 Å². The van der Waals surface area contributed by atoms with Crippen molar-refractivity contribution in [3.63, 3.8) is 0 Å². The third kappa shape index (κ3) is 4.32. The van der Waals surface area contributed by atoms with Gasteiger partial charge in [0.15, 0.2) is 0 Å². The Morgan fingerprint density at radius 1 is 1.38 bits per heavy atom. The van der Waals surface area contributed by atoms with E-state index >= 15 is 0 Å². The average molecular weight is 284 g/mol. The van der Waals surface area contributed by atoms with Crippen molar-refractivity contribution in [1.82, 2.24) is 8.75 Å². The molecule has 0 spiro atoms. The molecule has 0 saturated heterocycles. The van der Waals surface area contributed by atoms with Crippen LogP contribution in [0.15, 0.2) is 0 Å². The van der Waals surface area contributed by atoms with E-state index in [0.29, 0.717) is 6.41 Å². The molecule has 0 aromatic rings. The molecule has 0 radical (unpaired) electrons. The van der Waals surface area contributed by atoms with E-state index in [2.05, 4.69) is 6.92 Å². The third-order valence-corrected chi connectivity index (χ3v) is 10.1. The van der Waals surface area contributed by atoms with Crippen molar-refractivity contribution in [1.29, 1.82) is 0 Å². The Kier molecular flexibility index (Phi) is 7.81. The topological polar surface area (TPSA) is 40.6 Å². The maximum absolute atomic E-state index is 12.8. The molecule has 0 aliphatic heterocycles. The Morgan fingerprint density at radius 2 is 1.94 bits per heavy atom. The van der Waals surface area contributed by atoms with Crippen LogP contribution in [-0.2, 0) is 9.36 Å². The molecule has 1 amide bonds. The monoisotopic (exact) mass is 284 g/mol. The zero-order chi connectivity index (χ0) is 12.8. The smallest absolute Gasteiger partial charge is 0.278 e. The van der Waals surface area contributed by atoms with E-state index in [1.807, 2.05) is 13.8 Å². The van der Waals surface area contributed by atoms with Crippen molar-refractivity contribution in [2.75, 3.05) is 19.8 Å². The fourth-order valence-corrected chi connectivity index (χ4v) is 7.62. The second-order valence-electron chi connectivity index (χ2n) is 3.38. The number of nitrogens with zero attached hydrogens (tertiary/aromatic N) is 2. The van der Waals surface area contributed by atoms with Gasteiger partial charge in [-0.3, -0.25) is 14.0 Å². The summed E-state index contributed by atoms with van der Waals surface area (Å²) in [5.41, 5.74) is 0. The van der Waals surface area contributed by atoms with Crippen molar-refractivity contribution < 1.29 is 9.36 Å². The van der Waals surface area contributed by atoms with Gasteiger partial charge in [0.25, 0.3) is 0 Å². The molecule has 0 aliphatic carbocycles. The predicted molar refractivity (Wildman–Crippen MR) is 74.7 cm³/mol. The van der Waals surface area contributed by atoms with Crippen LogP contribution in [0.4, 0.5) is 0 Å². The molecule has 2 unspecified atom stereocenters. The van der Waals surface area contributed by atoms with E-state index < -0.39 is 6.65 Å². The minimum atomic E-state index is -2.81. The highest BCUT2D eigenvalue weighted by Gasteiger charge is 2.34. The highest BCUT2D eigenvalue weighted by molar-refractivity contribution is 8.58. The highest BCUT2D eigenvalue weighted by atomic mass is 32.7. The Balaban J connectivity index is 4.87. The van der Waals surface area contributed by atoms with Gasteiger partial charge in [0.2, 0.25) is 6.41 Å². The molecule has 0 fully saturated rings. The quantitative estimate of drug-likeness (QED) is 0.388. The van der Waals surface area contributed by atoms with Gasteiger partial charge in [0.05, 0.1) is 0 Å². The van der Waals surface area contributed by atoms with Crippen LogP contribution in [0.2, 0.25) is 0 Å². The summed E-state index contributed by atoms with van der Waals surface area (Å²) in [4.78, 5) is 10.8. The van der Waals surface area contributed by atoms with Crippen LogP contribution in [0, 0.1) is 0 Å². The first-order valence-electron chi connectivity index (χ1n) is 5.26. The van der Waals surface area contributed by atoms with Gasteiger partial charge in [0.1, 0.15) is 0 Å². The largest absolute Gasteiger partial charge is 0.306 e. The molecule has 16 heavy (non-hydrogen) atoms. The number of carbonyl (C=O) groups excluding carboxylic acids is 1. The number of amides is 1. The molecule has 0 N–H and O–H groups in total. The first-order chi connectivity index (χ1) is 7.42. The van der Waals surface area contributed by atoms with Gasteiger partial charge in [-0.2, -0.15) is 4.08 Å². The van der Waals surface area contributed by atoms with E-state index in [4.69, 9.17) is 0 Å². The normalized spacial score (nSPS) is 16.9. The molecule has 96 valence electrons. The van der Waals surface area contributed by atoms with Crippen LogP contribution in [0.25, 0.3) is 0 Å². The minimum Gasteiger partial charge on any atom is -0.278 e. The van der Waals surface area contributed by atoms with Gasteiger partial charge in [-0.25, -0.2) is 0 Å². The SMILES string of the molecule is CCSN(C)P(=O)(SC(C)CC)N(C)C=O. The lowest BCUT2D eigenvalue weighted by molar-refractivity contribution is -0.113. The van der Waals surface area contributed by atoms with E-state index in [-0.39, 0.29) is 5.25 Å². The third-order valence-electron chi connectivity index (χ3n) is 2.12. The fourth-order valence-electron chi connectivity index (χ4n) is 0.968. The number of hydrogen-bond acceptors (Lipinski definition) is 4. The molecular formula is C9H21N2O2PS2. The van der Waals surface area contributed by atoms with Crippen molar-refractivity contribution in [3.05, 3.63) is 0 Å². The zero-order valence-electron chi connectivity index (χ0n) is 10.5. The van der Waals surface area contributed by atoms with Crippen LogP contribution >= 0.6 is 30.0 Å². The Morgan fingerprint density at radius 3 is 2.31 bits per heavy atom. The van der Waals surface area contributed by atoms with E-state index in [1.54, 1.807) is 18.2 Å². The summed E-state index contributed by atoms with van der Waals surface area (Å²) >= 11 is 2.87. The molecule has 0 heterocycles. The van der Waals surface area contributed by atoms with E-state index in [1.165, 1.54) is 28.0 Å². The maximum atomic E-state index is 12.8. The van der Waals surface area contributed by atoms with Crippen LogP contribution in [0.1, 0.15) is 27.2 Å². The van der Waals surface area contributed by atoms with Crippen molar-refractivity contribution in [2.45, 2.75) is 32.4 Å². The summed E-state index contributed by atoms with van der Waals surface area (Å²) in [5, 5.41) is 0.271. The molecule has 7 heteroatoms. The summed E-state index contributed by atoms with van der Waals surface area (Å²) in [6, 6.07) is 0. The average Bonchev–Trinajstić information content (AvgIpc) is 2.27. The van der Waals surface area contributed by atoms with Crippen molar-refractivity contribution >= 4 is 36.4 Å². The number of carbonyl (C=O) groups is 1. The van der Waals surface area contributed by atoms with Crippen LogP contribution in [0.5, 0.6) is 0 Å². The number of hydrogen-bond donors (Lipinski definition) is 0. The van der Waals surface area contributed by atoms with E-state index in [0.717, 1.165) is 12.2 Å². The minimum absolute atomic E-state index is 0.271. The second-order valence-corrected chi connectivity index (χ2v) is 10.3. The standard InChI is InChI=1S/C9H21N2O2PS2/c1-6-9(3)16-14(13,10(4)8-12)11(5)15-7-2/h8-9H,6-7H2,1-5H3. The summed E-state index contributed by atoms with van der Waals surface area (Å²) in [6.45, 7) is 3.27. The van der Waals surface area contributed by atoms with Gasteiger partial charge >= 0.3 is 6.65 Å². The van der Waals surface area contributed by atoms with Gasteiger partial charge in [-0.1, -0.05) is 44.1 Å². The van der Waals surface area contributed by atoms with E-state index in [9.17, 15) is 9.36 Å². The van der Waals surface area contributed by atoms with Crippen LogP contribution < -0.4 is 0 Å². The Labute approximate surface area is 107 Å². The zero-order valence-corrected chi connectivity index (χ0v) is 13.1. The Hall–Kier alpha value is 0.360. The van der Waals surface area contributed by atoms with Gasteiger partial charge in [-0.05, 0) is 6.42 Å². The first kappa shape index (κ1) is 16.4. The second kappa shape index (κ2) is 7.64. The molecule has 0 rings (SSSR count). The summed E-state index contributed by atoms with van der Waals surface area (Å²) in [7, 11) is 3.36. The summed E-state index contributed by atoms with van der Waals surface area (Å²) < 4.78 is 15.8.